The second kappa shape index (κ2) is 52.1. The minimum absolute atomic E-state index is 0.0753. The molecular weight excluding hydrogens is 1200 g/mol. The molecule has 2 N–H and O–H groups in total. The van der Waals surface area contributed by atoms with Gasteiger partial charge in [-0.25, -0.2) is 45.5 Å². The molecule has 0 spiro atoms. The molecule has 0 rings (SSSR count). The van der Waals surface area contributed by atoms with Crippen LogP contribution in [0, 0.1) is 0 Å². The largest absolute Gasteiger partial charge is 0.444 e. The van der Waals surface area contributed by atoms with Crippen molar-refractivity contribution >= 4 is 44.4 Å². The summed E-state index contributed by atoms with van der Waals surface area (Å²) in [6.07, 6.45) is 39.6. The fraction of sp³-hybridized carbons (Fsp3) is 0.944. The molecule has 92 heavy (non-hydrogen) atoms. The number of rotatable bonds is 57. The number of ether oxygens (including phenoxy) is 4. The van der Waals surface area contributed by atoms with E-state index < -0.39 is 66.8 Å². The second-order valence-corrected chi connectivity index (χ2v) is 33.9. The Morgan fingerprint density at radius 2 is 0.435 bits per heavy atom. The van der Waals surface area contributed by atoms with E-state index >= 15 is 0 Å². The summed E-state index contributed by atoms with van der Waals surface area (Å²) in [6, 6.07) is 0. The Bertz CT molecular complexity index is 1940. The van der Waals surface area contributed by atoms with Crippen LogP contribution in [0.1, 0.15) is 341 Å². The van der Waals surface area contributed by atoms with Gasteiger partial charge in [-0.2, -0.15) is 0 Å². The van der Waals surface area contributed by atoms with Crippen molar-refractivity contribution in [3.8, 4) is 0 Å². The highest BCUT2D eigenvalue weighted by atomic mass is 32.2. The van der Waals surface area contributed by atoms with Crippen LogP contribution in [0.5, 0.6) is 0 Å². The maximum atomic E-state index is 13.7. The van der Waals surface area contributed by atoms with Gasteiger partial charge in [0, 0.05) is 65.4 Å². The summed E-state index contributed by atoms with van der Waals surface area (Å²) in [7, 11) is -6.94. The molecule has 18 nitrogen and oxygen atoms in total. The van der Waals surface area contributed by atoms with Gasteiger partial charge in [-0.15, -0.1) is 0 Å². The lowest BCUT2D eigenvalue weighted by Gasteiger charge is -2.31. The number of nitrogens with zero attached hydrogens (tertiary/aromatic N) is 4. The van der Waals surface area contributed by atoms with Gasteiger partial charge in [-0.1, -0.05) is 206 Å². The lowest BCUT2D eigenvalue weighted by atomic mass is 10.0. The number of unbranched alkanes of at least 4 members (excludes halogenated alkanes) is 31. The van der Waals surface area contributed by atoms with Gasteiger partial charge in [-0.05, 0) is 134 Å². The summed E-state index contributed by atoms with van der Waals surface area (Å²) in [5.74, 6) is 0.151. The standard InChI is InChI=1S/C72H144N6O12S2/c1-15-17-19-21-23-25-27-29-31-33-35-37-39-41-43-47-63-91(83,84)73-53-49-57-77(67(81)89-71(9,10)11)61-51-59-75(65(79)87-69(3,4)5)55-45-46-56-76(66(80)88-70(6,7)8)60-52-62-78(68(82)90-72(12,13)14)58-50-54-74-92(85,86)64-48-44-42-40-38-36-34-32-30-28-26-24-22-20-18-16-2/h73-74H,15-64H2,1-14H3. The van der Waals surface area contributed by atoms with Crippen molar-refractivity contribution in [2.75, 3.05) is 77.0 Å². The molecule has 0 radical (unpaired) electrons. The first-order valence-electron chi connectivity index (χ1n) is 37.1. The smallest absolute Gasteiger partial charge is 0.410 e. The lowest BCUT2D eigenvalue weighted by Crippen LogP contribution is -2.42. The zero-order valence-corrected chi connectivity index (χ0v) is 63.5. The summed E-state index contributed by atoms with van der Waals surface area (Å²) >= 11 is 0. The molecule has 0 aliphatic heterocycles. The molecule has 0 aromatic carbocycles. The highest BCUT2D eigenvalue weighted by molar-refractivity contribution is 7.89. The number of sulfonamides is 2. The van der Waals surface area contributed by atoms with Crippen LogP contribution in [0.15, 0.2) is 0 Å². The number of nitrogens with one attached hydrogen (secondary N) is 2. The van der Waals surface area contributed by atoms with Gasteiger partial charge in [0.2, 0.25) is 20.0 Å². The summed E-state index contributed by atoms with van der Waals surface area (Å²) in [5.41, 5.74) is -3.05. The van der Waals surface area contributed by atoms with Crippen LogP contribution in [-0.4, -0.2) is 160 Å². The number of hydrogen-bond acceptors (Lipinski definition) is 12. The van der Waals surface area contributed by atoms with Crippen LogP contribution in [0.4, 0.5) is 19.2 Å². The third-order valence-electron chi connectivity index (χ3n) is 15.8. The summed E-state index contributed by atoms with van der Waals surface area (Å²) in [5, 5.41) is 0. The van der Waals surface area contributed by atoms with Gasteiger partial charge in [0.1, 0.15) is 22.4 Å². The molecule has 20 heteroatoms. The number of carbonyl (C=O) groups excluding carboxylic acids is 4. The Morgan fingerprint density at radius 3 is 0.630 bits per heavy atom. The normalized spacial score (nSPS) is 12.5. The van der Waals surface area contributed by atoms with Gasteiger partial charge < -0.3 is 38.5 Å². The Balaban J connectivity index is 5.38. The van der Waals surface area contributed by atoms with Crippen LogP contribution in [0.2, 0.25) is 0 Å². The van der Waals surface area contributed by atoms with Crippen molar-refractivity contribution in [2.45, 2.75) is 363 Å². The molecular formula is C72H144N6O12S2. The van der Waals surface area contributed by atoms with Crippen molar-refractivity contribution in [3.63, 3.8) is 0 Å². The minimum Gasteiger partial charge on any atom is -0.444 e. The highest BCUT2D eigenvalue weighted by Gasteiger charge is 2.28. The van der Waals surface area contributed by atoms with E-state index in [9.17, 15) is 36.0 Å². The molecule has 0 saturated heterocycles. The molecule has 0 unspecified atom stereocenters. The molecule has 0 aromatic heterocycles. The first kappa shape index (κ1) is 88.9. The molecule has 0 fully saturated rings. The Kier molecular flexibility index (Phi) is 50.3. The van der Waals surface area contributed by atoms with Crippen LogP contribution < -0.4 is 9.44 Å². The van der Waals surface area contributed by atoms with Crippen LogP contribution in [-0.2, 0) is 39.0 Å². The molecule has 0 aliphatic rings. The van der Waals surface area contributed by atoms with Crippen LogP contribution in [0.25, 0.3) is 0 Å². The Labute approximate surface area is 565 Å². The maximum absolute atomic E-state index is 13.7. The Morgan fingerprint density at radius 1 is 0.261 bits per heavy atom. The zero-order valence-electron chi connectivity index (χ0n) is 61.9. The van der Waals surface area contributed by atoms with Crippen LogP contribution >= 0.6 is 0 Å². The van der Waals surface area contributed by atoms with E-state index in [0.29, 0.717) is 64.5 Å². The average Bonchev–Trinajstić information content (AvgIpc) is 1.79. The van der Waals surface area contributed by atoms with Crippen molar-refractivity contribution in [3.05, 3.63) is 0 Å². The zero-order chi connectivity index (χ0) is 69.2. The minimum atomic E-state index is -3.47. The molecule has 0 bridgehead atoms. The monoisotopic (exact) mass is 1350 g/mol. The Hall–Kier alpha value is -3.10. The number of amides is 4. The number of carbonyl (C=O) groups is 4. The number of hydrogen-bond donors (Lipinski definition) is 2. The third-order valence-corrected chi connectivity index (χ3v) is 18.8. The van der Waals surface area contributed by atoms with Crippen molar-refractivity contribution in [1.82, 2.24) is 29.0 Å². The third kappa shape index (κ3) is 57.2. The van der Waals surface area contributed by atoms with Gasteiger partial charge in [0.05, 0.1) is 11.5 Å². The van der Waals surface area contributed by atoms with Gasteiger partial charge in [0.25, 0.3) is 0 Å². The van der Waals surface area contributed by atoms with E-state index in [-0.39, 0.29) is 63.9 Å². The van der Waals surface area contributed by atoms with Crippen molar-refractivity contribution < 1.29 is 55.0 Å². The predicted molar refractivity (Wildman–Crippen MR) is 382 cm³/mol. The summed E-state index contributed by atoms with van der Waals surface area (Å²) < 4.78 is 80.4. The molecule has 546 valence electrons. The fourth-order valence-corrected chi connectivity index (χ4v) is 13.2. The van der Waals surface area contributed by atoms with Gasteiger partial charge >= 0.3 is 24.4 Å². The van der Waals surface area contributed by atoms with E-state index in [0.717, 1.165) is 38.5 Å². The van der Waals surface area contributed by atoms with Crippen LogP contribution in [0.3, 0.4) is 0 Å². The second-order valence-electron chi connectivity index (χ2n) is 30.0. The average molecular weight is 1350 g/mol. The molecule has 0 aliphatic carbocycles. The first-order chi connectivity index (χ1) is 43.3. The van der Waals surface area contributed by atoms with Gasteiger partial charge in [-0.3, -0.25) is 0 Å². The van der Waals surface area contributed by atoms with Gasteiger partial charge in [0.15, 0.2) is 0 Å². The molecule has 0 aromatic rings. The highest BCUT2D eigenvalue weighted by Crippen LogP contribution is 2.20. The SMILES string of the molecule is CCCCCCCCCCCCCCCCCCS(=O)(=O)NCCCN(CCCN(CCCCN(CCCN(CCCNS(=O)(=O)CCCCCCCCCCCCCCCCCC)C(=O)OC(C)(C)C)C(=O)OC(C)(C)C)C(=O)OC(C)(C)C)C(=O)OC(C)(C)C. The molecule has 0 saturated carbocycles. The first-order valence-corrected chi connectivity index (χ1v) is 40.5. The van der Waals surface area contributed by atoms with Crippen molar-refractivity contribution in [1.29, 1.82) is 0 Å². The van der Waals surface area contributed by atoms with E-state index in [1.54, 1.807) is 103 Å². The van der Waals surface area contributed by atoms with E-state index in [1.807, 2.05) is 0 Å². The van der Waals surface area contributed by atoms with Crippen molar-refractivity contribution in [2.24, 2.45) is 0 Å². The quantitative estimate of drug-likeness (QED) is 0.0430. The predicted octanol–water partition coefficient (Wildman–Crippen LogP) is 18.6. The maximum Gasteiger partial charge on any atom is 0.410 e. The summed E-state index contributed by atoms with van der Waals surface area (Å²) in [6.45, 7) is 28.6. The summed E-state index contributed by atoms with van der Waals surface area (Å²) in [4.78, 5) is 60.8. The van der Waals surface area contributed by atoms with E-state index in [4.69, 9.17) is 18.9 Å². The molecule has 0 heterocycles. The van der Waals surface area contributed by atoms with E-state index in [1.165, 1.54) is 154 Å². The lowest BCUT2D eigenvalue weighted by molar-refractivity contribution is 0.0165. The molecule has 0 atom stereocenters. The van der Waals surface area contributed by atoms with E-state index in [2.05, 4.69) is 23.3 Å². The molecule has 4 amide bonds. The fourth-order valence-electron chi connectivity index (χ4n) is 10.8. The topological polar surface area (TPSA) is 210 Å².